The van der Waals surface area contributed by atoms with Crippen LogP contribution in [0.5, 0.6) is 11.5 Å². The van der Waals surface area contributed by atoms with Crippen LogP contribution in [-0.4, -0.2) is 11.1 Å². The fourth-order valence-electron chi connectivity index (χ4n) is 1.43. The van der Waals surface area contributed by atoms with Crippen molar-refractivity contribution < 1.29 is 14.6 Å². The number of carboxylic acids is 1. The average Bonchev–Trinajstić information content (AvgIpc) is 2.32. The Labute approximate surface area is 135 Å². The predicted molar refractivity (Wildman–Crippen MR) is 83.0 cm³/mol. The monoisotopic (exact) mass is 448 g/mol. The third kappa shape index (κ3) is 3.58. The number of hydrogen-bond donors (Lipinski definition) is 1. The van der Waals surface area contributed by atoms with Gasteiger partial charge in [-0.15, -0.1) is 0 Å². The molecule has 2 aromatic rings. The van der Waals surface area contributed by atoms with E-state index in [4.69, 9.17) is 9.84 Å². The zero-order valence-corrected chi connectivity index (χ0v) is 14.1. The molecular weight excluding hydrogens is 444 g/mol. The lowest BCUT2D eigenvalue weighted by atomic mass is 10.2. The number of halogens is 3. The van der Waals surface area contributed by atoms with Gasteiger partial charge in [0.25, 0.3) is 0 Å². The summed E-state index contributed by atoms with van der Waals surface area (Å²) >= 11 is 10.0. The molecular formula is C13H7Br3O3. The van der Waals surface area contributed by atoms with Crippen molar-refractivity contribution >= 4 is 53.8 Å². The fraction of sp³-hybridized carbons (Fsp3) is 0. The molecule has 0 amide bonds. The van der Waals surface area contributed by atoms with Crippen LogP contribution in [0, 0.1) is 0 Å². The molecule has 0 bridgehead atoms. The highest BCUT2D eigenvalue weighted by Crippen LogP contribution is 2.34. The maximum Gasteiger partial charge on any atom is 0.339 e. The van der Waals surface area contributed by atoms with E-state index in [-0.39, 0.29) is 11.3 Å². The summed E-state index contributed by atoms with van der Waals surface area (Å²) in [6, 6.07) is 10.2. The summed E-state index contributed by atoms with van der Waals surface area (Å²) in [5.74, 6) is -0.204. The molecule has 3 nitrogen and oxygen atoms in total. The summed E-state index contributed by atoms with van der Waals surface area (Å²) in [6.07, 6.45) is 0. The lowest BCUT2D eigenvalue weighted by Crippen LogP contribution is -2.00. The molecule has 0 spiro atoms. The largest absolute Gasteiger partial charge is 0.478 e. The molecule has 0 fully saturated rings. The highest BCUT2D eigenvalue weighted by atomic mass is 79.9. The van der Waals surface area contributed by atoms with Gasteiger partial charge in [0, 0.05) is 8.95 Å². The number of ether oxygens (including phenoxy) is 1. The summed E-state index contributed by atoms with van der Waals surface area (Å²) in [6.45, 7) is 0. The summed E-state index contributed by atoms with van der Waals surface area (Å²) in [5, 5.41) is 9.13. The number of carboxylic acid groups (broad SMARTS) is 1. The van der Waals surface area contributed by atoms with E-state index in [2.05, 4.69) is 47.8 Å². The van der Waals surface area contributed by atoms with Crippen LogP contribution in [0.2, 0.25) is 0 Å². The first kappa shape index (κ1) is 14.6. The van der Waals surface area contributed by atoms with E-state index in [1.165, 1.54) is 6.07 Å². The first-order chi connectivity index (χ1) is 8.97. The maximum absolute atomic E-state index is 11.1. The van der Waals surface area contributed by atoms with Crippen molar-refractivity contribution in [3.63, 3.8) is 0 Å². The molecule has 0 aromatic heterocycles. The number of rotatable bonds is 3. The predicted octanol–water partition coefficient (Wildman–Crippen LogP) is 5.46. The number of aromatic carboxylic acids is 1. The van der Waals surface area contributed by atoms with Crippen molar-refractivity contribution in [3.8, 4) is 11.5 Å². The smallest absolute Gasteiger partial charge is 0.339 e. The van der Waals surface area contributed by atoms with E-state index < -0.39 is 5.97 Å². The quantitative estimate of drug-likeness (QED) is 0.675. The molecule has 0 aliphatic rings. The van der Waals surface area contributed by atoms with E-state index in [1.54, 1.807) is 18.2 Å². The van der Waals surface area contributed by atoms with Crippen molar-refractivity contribution in [2.45, 2.75) is 0 Å². The van der Waals surface area contributed by atoms with Gasteiger partial charge in [0.2, 0.25) is 0 Å². The van der Waals surface area contributed by atoms with Crippen molar-refractivity contribution in [1.82, 2.24) is 0 Å². The second kappa shape index (κ2) is 6.07. The summed E-state index contributed by atoms with van der Waals surface area (Å²) in [4.78, 5) is 11.1. The van der Waals surface area contributed by atoms with Gasteiger partial charge in [0.1, 0.15) is 17.1 Å². The highest BCUT2D eigenvalue weighted by Gasteiger charge is 2.13. The topological polar surface area (TPSA) is 46.5 Å². The Balaban J connectivity index is 2.42. The second-order valence-corrected chi connectivity index (χ2v) is 6.31. The SMILES string of the molecule is O=C(O)c1ccc(Br)cc1Oc1ccc(Br)cc1Br. The van der Waals surface area contributed by atoms with Gasteiger partial charge < -0.3 is 9.84 Å². The summed E-state index contributed by atoms with van der Waals surface area (Å²) in [7, 11) is 0. The molecule has 98 valence electrons. The van der Waals surface area contributed by atoms with Crippen LogP contribution in [-0.2, 0) is 0 Å². The number of hydrogen-bond acceptors (Lipinski definition) is 2. The van der Waals surface area contributed by atoms with E-state index >= 15 is 0 Å². The Morgan fingerprint density at radius 1 is 0.947 bits per heavy atom. The number of carbonyl (C=O) groups is 1. The lowest BCUT2D eigenvalue weighted by molar-refractivity contribution is 0.0694. The van der Waals surface area contributed by atoms with Crippen molar-refractivity contribution in [3.05, 3.63) is 55.4 Å². The molecule has 2 aromatic carbocycles. The molecule has 0 aliphatic carbocycles. The molecule has 0 heterocycles. The van der Waals surface area contributed by atoms with Crippen LogP contribution in [0.15, 0.2) is 49.8 Å². The molecule has 0 saturated carbocycles. The third-order valence-electron chi connectivity index (χ3n) is 2.29. The number of benzene rings is 2. The molecule has 0 aliphatic heterocycles. The third-order valence-corrected chi connectivity index (χ3v) is 3.89. The van der Waals surface area contributed by atoms with E-state index in [0.717, 1.165) is 13.4 Å². The fourth-order valence-corrected chi connectivity index (χ4v) is 2.90. The molecule has 0 atom stereocenters. The van der Waals surface area contributed by atoms with Crippen molar-refractivity contribution in [2.75, 3.05) is 0 Å². The Kier molecular flexibility index (Phi) is 4.65. The standard InChI is InChI=1S/C13H7Br3O3/c14-7-2-4-11(10(16)5-7)19-12-6-8(15)1-3-9(12)13(17)18/h1-6H,(H,17,18). The van der Waals surface area contributed by atoms with Crippen LogP contribution < -0.4 is 4.74 Å². The van der Waals surface area contributed by atoms with Crippen LogP contribution in [0.4, 0.5) is 0 Å². The van der Waals surface area contributed by atoms with Gasteiger partial charge in [-0.05, 0) is 52.3 Å². The minimum Gasteiger partial charge on any atom is -0.478 e. The van der Waals surface area contributed by atoms with Gasteiger partial charge in [-0.25, -0.2) is 4.79 Å². The summed E-state index contributed by atoms with van der Waals surface area (Å²) in [5.41, 5.74) is 0.109. The molecule has 6 heteroatoms. The Morgan fingerprint density at radius 3 is 2.21 bits per heavy atom. The Bertz CT molecular complexity index is 641. The zero-order valence-electron chi connectivity index (χ0n) is 9.36. The molecule has 2 rings (SSSR count). The Hall–Kier alpha value is -0.850. The first-order valence-electron chi connectivity index (χ1n) is 5.13. The molecule has 0 unspecified atom stereocenters. The molecule has 19 heavy (non-hydrogen) atoms. The first-order valence-corrected chi connectivity index (χ1v) is 7.51. The van der Waals surface area contributed by atoms with Gasteiger partial charge in [-0.3, -0.25) is 0 Å². The van der Waals surface area contributed by atoms with Gasteiger partial charge >= 0.3 is 5.97 Å². The molecule has 1 N–H and O–H groups in total. The molecule has 0 radical (unpaired) electrons. The summed E-state index contributed by atoms with van der Waals surface area (Å²) < 4.78 is 8.05. The average molecular weight is 451 g/mol. The van der Waals surface area contributed by atoms with Crippen LogP contribution in [0.3, 0.4) is 0 Å². The van der Waals surface area contributed by atoms with Gasteiger partial charge in [-0.1, -0.05) is 31.9 Å². The minimum absolute atomic E-state index is 0.109. The second-order valence-electron chi connectivity index (χ2n) is 3.62. The van der Waals surface area contributed by atoms with Gasteiger partial charge in [-0.2, -0.15) is 0 Å². The van der Waals surface area contributed by atoms with Crippen LogP contribution in [0.25, 0.3) is 0 Å². The molecule has 0 saturated heterocycles. The van der Waals surface area contributed by atoms with Crippen molar-refractivity contribution in [1.29, 1.82) is 0 Å². The van der Waals surface area contributed by atoms with E-state index in [9.17, 15) is 4.79 Å². The zero-order chi connectivity index (χ0) is 14.0. The van der Waals surface area contributed by atoms with Gasteiger partial charge in [0.05, 0.1) is 4.47 Å². The maximum atomic E-state index is 11.1. The van der Waals surface area contributed by atoms with Crippen LogP contribution >= 0.6 is 47.8 Å². The van der Waals surface area contributed by atoms with E-state index in [1.807, 2.05) is 12.1 Å². The minimum atomic E-state index is -1.03. The normalized spacial score (nSPS) is 10.3. The van der Waals surface area contributed by atoms with Gasteiger partial charge in [0.15, 0.2) is 0 Å². The lowest BCUT2D eigenvalue weighted by Gasteiger charge is -2.11. The van der Waals surface area contributed by atoms with E-state index in [0.29, 0.717) is 5.75 Å². The van der Waals surface area contributed by atoms with Crippen molar-refractivity contribution in [2.24, 2.45) is 0 Å². The highest BCUT2D eigenvalue weighted by molar-refractivity contribution is 9.11. The van der Waals surface area contributed by atoms with Crippen LogP contribution in [0.1, 0.15) is 10.4 Å². The Morgan fingerprint density at radius 2 is 1.58 bits per heavy atom.